The molecule has 2 heterocycles. The van der Waals surface area contributed by atoms with E-state index >= 15 is 0 Å². The number of halogens is 1. The number of aromatic nitrogens is 2. The molecular weight excluding hydrogens is 295 g/mol. The molecule has 0 aliphatic carbocycles. The number of nitrogens with zero attached hydrogens (tertiary/aromatic N) is 2. The molecule has 0 fully saturated rings. The Hall–Kier alpha value is -1.11. The number of fused-ring (bicyclic) bond motifs is 1. The van der Waals surface area contributed by atoms with Crippen LogP contribution >= 0.6 is 22.6 Å². The van der Waals surface area contributed by atoms with Crippen molar-refractivity contribution in [2.24, 2.45) is 0 Å². The van der Waals surface area contributed by atoms with Gasteiger partial charge in [0.1, 0.15) is 0 Å². The van der Waals surface area contributed by atoms with Crippen LogP contribution in [0.15, 0.2) is 24.5 Å². The summed E-state index contributed by atoms with van der Waals surface area (Å²) in [5.74, 6) is -0.350. The Kier molecular flexibility index (Phi) is 2.40. The quantitative estimate of drug-likeness (QED) is 0.595. The molecule has 2 rings (SSSR count). The van der Waals surface area contributed by atoms with Gasteiger partial charge in [-0.3, -0.25) is 0 Å². The Labute approximate surface area is 94.0 Å². The summed E-state index contributed by atoms with van der Waals surface area (Å²) in [7, 11) is 1.36. The highest BCUT2D eigenvalue weighted by molar-refractivity contribution is 14.1. The van der Waals surface area contributed by atoms with Gasteiger partial charge in [0, 0.05) is 6.20 Å². The van der Waals surface area contributed by atoms with E-state index in [1.54, 1.807) is 23.0 Å². The molecular formula is C9H7IN2O2. The van der Waals surface area contributed by atoms with Crippen molar-refractivity contribution in [3.8, 4) is 0 Å². The lowest BCUT2D eigenvalue weighted by Gasteiger charge is -1.99. The summed E-state index contributed by atoms with van der Waals surface area (Å²) in [5, 5.41) is 4.10. The summed E-state index contributed by atoms with van der Waals surface area (Å²) in [4.78, 5) is 11.2. The zero-order valence-electron chi connectivity index (χ0n) is 7.40. The van der Waals surface area contributed by atoms with E-state index in [9.17, 15) is 4.79 Å². The van der Waals surface area contributed by atoms with Crippen LogP contribution in [0.2, 0.25) is 0 Å². The molecule has 0 saturated heterocycles. The van der Waals surface area contributed by atoms with Crippen LogP contribution in [0.1, 0.15) is 10.4 Å². The number of ether oxygens (including phenoxy) is 1. The van der Waals surface area contributed by atoms with Crippen LogP contribution in [-0.2, 0) is 4.74 Å². The second kappa shape index (κ2) is 3.56. The standard InChI is InChI=1S/C9H7IN2O2/c1-14-9(13)6-2-3-8-7(10)4-11-12(8)5-6/h2-5H,1H3. The summed E-state index contributed by atoms with van der Waals surface area (Å²) in [6, 6.07) is 3.58. The van der Waals surface area contributed by atoms with Gasteiger partial charge in [0.25, 0.3) is 0 Å². The monoisotopic (exact) mass is 302 g/mol. The molecule has 0 bridgehead atoms. The van der Waals surface area contributed by atoms with Crippen molar-refractivity contribution in [3.05, 3.63) is 33.7 Å². The summed E-state index contributed by atoms with van der Waals surface area (Å²) >= 11 is 2.19. The first-order valence-corrected chi connectivity index (χ1v) is 5.01. The second-order valence-electron chi connectivity index (χ2n) is 2.73. The van der Waals surface area contributed by atoms with Gasteiger partial charge in [0.2, 0.25) is 0 Å². The topological polar surface area (TPSA) is 43.6 Å². The molecule has 0 saturated carbocycles. The van der Waals surface area contributed by atoms with Gasteiger partial charge < -0.3 is 4.74 Å². The molecule has 0 atom stereocenters. The number of hydrogen-bond acceptors (Lipinski definition) is 3. The van der Waals surface area contributed by atoms with E-state index in [4.69, 9.17) is 0 Å². The maximum atomic E-state index is 11.2. The maximum Gasteiger partial charge on any atom is 0.339 e. The predicted molar refractivity (Wildman–Crippen MR) is 59.2 cm³/mol. The zero-order valence-corrected chi connectivity index (χ0v) is 9.56. The van der Waals surface area contributed by atoms with Gasteiger partial charge in [-0.05, 0) is 34.7 Å². The highest BCUT2D eigenvalue weighted by atomic mass is 127. The molecule has 2 aromatic heterocycles. The average Bonchev–Trinajstić information content (AvgIpc) is 2.59. The van der Waals surface area contributed by atoms with Crippen LogP contribution in [0.3, 0.4) is 0 Å². The van der Waals surface area contributed by atoms with E-state index in [1.165, 1.54) is 7.11 Å². The highest BCUT2D eigenvalue weighted by Gasteiger charge is 2.07. The van der Waals surface area contributed by atoms with Crippen LogP contribution in [-0.4, -0.2) is 22.7 Å². The lowest BCUT2D eigenvalue weighted by Crippen LogP contribution is -2.02. The van der Waals surface area contributed by atoms with Crippen molar-refractivity contribution in [2.75, 3.05) is 7.11 Å². The fraction of sp³-hybridized carbons (Fsp3) is 0.111. The minimum atomic E-state index is -0.350. The van der Waals surface area contributed by atoms with Crippen LogP contribution in [0.25, 0.3) is 5.52 Å². The molecule has 0 aliphatic rings. The van der Waals surface area contributed by atoms with E-state index in [-0.39, 0.29) is 5.97 Å². The lowest BCUT2D eigenvalue weighted by atomic mass is 10.3. The number of carbonyl (C=O) groups is 1. The number of methoxy groups -OCH3 is 1. The van der Waals surface area contributed by atoms with Crippen molar-refractivity contribution in [3.63, 3.8) is 0 Å². The van der Waals surface area contributed by atoms with Crippen LogP contribution in [0.5, 0.6) is 0 Å². The van der Waals surface area contributed by atoms with E-state index in [1.807, 2.05) is 6.07 Å². The van der Waals surface area contributed by atoms with Gasteiger partial charge in [0.15, 0.2) is 0 Å². The second-order valence-corrected chi connectivity index (χ2v) is 3.89. The molecule has 0 N–H and O–H groups in total. The van der Waals surface area contributed by atoms with E-state index < -0.39 is 0 Å². The molecule has 2 aromatic rings. The van der Waals surface area contributed by atoms with Crippen LogP contribution in [0, 0.1) is 3.57 Å². The first-order chi connectivity index (χ1) is 6.72. The lowest BCUT2D eigenvalue weighted by molar-refractivity contribution is 0.0600. The first kappa shape index (κ1) is 9.45. The third-order valence-corrected chi connectivity index (χ3v) is 2.72. The maximum absolute atomic E-state index is 11.2. The molecule has 5 heteroatoms. The average molecular weight is 302 g/mol. The van der Waals surface area contributed by atoms with E-state index in [2.05, 4.69) is 32.4 Å². The van der Waals surface area contributed by atoms with Crippen LogP contribution < -0.4 is 0 Å². The van der Waals surface area contributed by atoms with Gasteiger partial charge in [-0.2, -0.15) is 5.10 Å². The number of carbonyl (C=O) groups excluding carboxylic acids is 1. The number of pyridine rings is 1. The molecule has 0 amide bonds. The summed E-state index contributed by atoms with van der Waals surface area (Å²) in [5.41, 5.74) is 1.48. The van der Waals surface area contributed by atoms with Gasteiger partial charge in [-0.1, -0.05) is 0 Å². The SMILES string of the molecule is COC(=O)c1ccc2c(I)cnn2c1. The fourth-order valence-electron chi connectivity index (χ4n) is 1.19. The minimum absolute atomic E-state index is 0.350. The Balaban J connectivity index is 2.57. The highest BCUT2D eigenvalue weighted by Crippen LogP contribution is 2.14. The van der Waals surface area contributed by atoms with Gasteiger partial charge >= 0.3 is 5.97 Å². The summed E-state index contributed by atoms with van der Waals surface area (Å²) in [6.07, 6.45) is 3.40. The van der Waals surface area contributed by atoms with Gasteiger partial charge in [-0.15, -0.1) is 0 Å². The smallest absolute Gasteiger partial charge is 0.339 e. The molecule has 0 aromatic carbocycles. The molecule has 0 spiro atoms. The molecule has 0 radical (unpaired) electrons. The Bertz CT molecular complexity index is 493. The van der Waals surface area contributed by atoms with Gasteiger partial charge in [-0.25, -0.2) is 9.31 Å². The molecule has 14 heavy (non-hydrogen) atoms. The molecule has 0 aliphatic heterocycles. The van der Waals surface area contributed by atoms with Crippen molar-refractivity contribution >= 4 is 34.1 Å². The van der Waals surface area contributed by atoms with E-state index in [0.29, 0.717) is 5.56 Å². The van der Waals surface area contributed by atoms with Gasteiger partial charge in [0.05, 0.1) is 28.0 Å². The normalized spacial score (nSPS) is 10.4. The third kappa shape index (κ3) is 1.47. The van der Waals surface area contributed by atoms with Crippen molar-refractivity contribution in [2.45, 2.75) is 0 Å². The Morgan fingerprint density at radius 1 is 1.57 bits per heavy atom. The summed E-state index contributed by atoms with van der Waals surface area (Å²) in [6.45, 7) is 0. The molecule has 0 unspecified atom stereocenters. The number of hydrogen-bond donors (Lipinski definition) is 0. The molecule has 4 nitrogen and oxygen atoms in total. The Morgan fingerprint density at radius 2 is 2.36 bits per heavy atom. The van der Waals surface area contributed by atoms with Crippen molar-refractivity contribution in [1.82, 2.24) is 9.61 Å². The largest absolute Gasteiger partial charge is 0.465 e. The molecule has 72 valence electrons. The zero-order chi connectivity index (χ0) is 10.1. The van der Waals surface area contributed by atoms with Crippen molar-refractivity contribution < 1.29 is 9.53 Å². The number of esters is 1. The third-order valence-electron chi connectivity index (χ3n) is 1.89. The first-order valence-electron chi connectivity index (χ1n) is 3.93. The predicted octanol–water partition coefficient (Wildman–Crippen LogP) is 1.73. The Morgan fingerprint density at radius 3 is 3.07 bits per heavy atom. The van der Waals surface area contributed by atoms with E-state index in [0.717, 1.165) is 9.09 Å². The fourth-order valence-corrected chi connectivity index (χ4v) is 1.74. The van der Waals surface area contributed by atoms with Crippen molar-refractivity contribution in [1.29, 1.82) is 0 Å². The summed E-state index contributed by atoms with van der Waals surface area (Å²) < 4.78 is 7.33. The minimum Gasteiger partial charge on any atom is -0.465 e. The van der Waals surface area contributed by atoms with Crippen LogP contribution in [0.4, 0.5) is 0 Å². The number of rotatable bonds is 1.